The molecule has 0 radical (unpaired) electrons. The van der Waals surface area contributed by atoms with Gasteiger partial charge in [0, 0.05) is 11.3 Å². The van der Waals surface area contributed by atoms with E-state index in [0.717, 1.165) is 64.1 Å². The average Bonchev–Trinajstić information content (AvgIpc) is 2.79. The summed E-state index contributed by atoms with van der Waals surface area (Å²) >= 11 is 0. The molecule has 4 aliphatic carbocycles. The molecule has 4 rings (SSSR count). The van der Waals surface area contributed by atoms with E-state index in [1.165, 1.54) is 0 Å². The van der Waals surface area contributed by atoms with Gasteiger partial charge in [0.05, 0.1) is 11.7 Å². The first-order chi connectivity index (χ1) is 10.8. The van der Waals surface area contributed by atoms with Crippen LogP contribution in [0.15, 0.2) is 0 Å². The second-order valence-electron chi connectivity index (χ2n) is 9.58. The highest BCUT2D eigenvalue weighted by atomic mass is 16.3. The van der Waals surface area contributed by atoms with Gasteiger partial charge >= 0.3 is 0 Å². The molecule has 0 unspecified atom stereocenters. The van der Waals surface area contributed by atoms with E-state index < -0.39 is 5.60 Å². The molecule has 4 saturated carbocycles. The lowest BCUT2D eigenvalue weighted by molar-refractivity contribution is -0.208. The lowest BCUT2D eigenvalue weighted by atomic mass is 9.43. The molecule has 0 saturated heterocycles. The molecule has 0 aromatic carbocycles. The minimum atomic E-state index is -0.647. The molecule has 4 aliphatic rings. The Morgan fingerprint density at radius 3 is 2.48 bits per heavy atom. The molecule has 0 aromatic rings. The number of fused-ring (bicyclic) bond motifs is 5. The molecule has 0 amide bonds. The summed E-state index contributed by atoms with van der Waals surface area (Å²) in [5, 5.41) is 21.8. The smallest absolute Gasteiger partial charge is 0.123 e. The van der Waals surface area contributed by atoms with Gasteiger partial charge < -0.3 is 15.0 Å². The van der Waals surface area contributed by atoms with Gasteiger partial charge in [-0.25, -0.2) is 0 Å². The van der Waals surface area contributed by atoms with Crippen LogP contribution in [0.25, 0.3) is 0 Å². The first kappa shape index (κ1) is 16.1. The van der Waals surface area contributed by atoms with Crippen LogP contribution in [0, 0.1) is 34.5 Å². The van der Waals surface area contributed by atoms with Crippen molar-refractivity contribution < 1.29 is 15.0 Å². The number of carbonyl (C=O) groups excluding carboxylic acids is 1. The lowest BCUT2D eigenvalue weighted by Gasteiger charge is -2.63. The maximum atomic E-state index is 11.7. The van der Waals surface area contributed by atoms with Crippen LogP contribution >= 0.6 is 0 Å². The molecular weight excluding hydrogens is 288 g/mol. The van der Waals surface area contributed by atoms with Gasteiger partial charge in [-0.15, -0.1) is 0 Å². The molecular formula is C20H32O3. The molecule has 8 atom stereocenters. The van der Waals surface area contributed by atoms with Crippen molar-refractivity contribution in [2.45, 2.75) is 83.3 Å². The van der Waals surface area contributed by atoms with E-state index >= 15 is 0 Å². The molecule has 0 bridgehead atoms. The van der Waals surface area contributed by atoms with Gasteiger partial charge in [0.25, 0.3) is 0 Å². The number of rotatable bonds is 1. The van der Waals surface area contributed by atoms with Gasteiger partial charge in [-0.1, -0.05) is 13.8 Å². The van der Waals surface area contributed by atoms with Gasteiger partial charge in [-0.2, -0.15) is 0 Å². The van der Waals surface area contributed by atoms with E-state index in [9.17, 15) is 15.0 Å². The quantitative estimate of drug-likeness (QED) is 0.729. The third kappa shape index (κ3) is 1.93. The van der Waals surface area contributed by atoms with Crippen LogP contribution < -0.4 is 0 Å². The summed E-state index contributed by atoms with van der Waals surface area (Å²) in [5.74, 6) is 1.57. The summed E-state index contributed by atoms with van der Waals surface area (Å²) in [5.41, 5.74) is -0.586. The highest BCUT2D eigenvalue weighted by Gasteiger charge is 2.67. The van der Waals surface area contributed by atoms with Gasteiger partial charge in [0.15, 0.2) is 0 Å². The zero-order valence-corrected chi connectivity index (χ0v) is 14.6. The molecule has 23 heavy (non-hydrogen) atoms. The zero-order valence-electron chi connectivity index (χ0n) is 14.6. The molecule has 2 N–H and O–H groups in total. The lowest BCUT2D eigenvalue weighted by Crippen LogP contribution is -2.62. The highest BCUT2D eigenvalue weighted by molar-refractivity contribution is 5.57. The predicted molar refractivity (Wildman–Crippen MR) is 88.7 cm³/mol. The van der Waals surface area contributed by atoms with E-state index in [-0.39, 0.29) is 22.9 Å². The second kappa shape index (κ2) is 5.05. The molecule has 0 aromatic heterocycles. The SMILES string of the molecule is C[C@]12CC[C@@H](O)C[C@H]1CC[C@@H]1[C@@H]2CC[C@]2(C)[C@@H](C=O)CC[C@]12O. The Labute approximate surface area is 139 Å². The number of aliphatic hydroxyl groups excluding tert-OH is 1. The first-order valence-corrected chi connectivity index (χ1v) is 9.71. The standard InChI is InChI=1S/C20H32O3/c1-18-8-6-15(22)11-13(18)3-4-17-16(18)7-9-19(2)14(12-21)5-10-20(17,19)23/h12-17,22-23H,3-11H2,1-2H3/t13-,14-,15-,16+,17-,18+,19-,20+/m1/s1. The molecule has 0 aliphatic heterocycles. The van der Waals surface area contributed by atoms with Crippen molar-refractivity contribution in [2.75, 3.05) is 0 Å². The molecule has 4 fully saturated rings. The zero-order chi connectivity index (χ0) is 16.5. The molecule has 130 valence electrons. The van der Waals surface area contributed by atoms with E-state index in [1.807, 2.05) is 0 Å². The number of carbonyl (C=O) groups is 1. The van der Waals surface area contributed by atoms with Gasteiger partial charge in [0.1, 0.15) is 6.29 Å². The van der Waals surface area contributed by atoms with Crippen LogP contribution in [0.3, 0.4) is 0 Å². The first-order valence-electron chi connectivity index (χ1n) is 9.71. The van der Waals surface area contributed by atoms with Crippen molar-refractivity contribution >= 4 is 6.29 Å². The van der Waals surface area contributed by atoms with Gasteiger partial charge in [-0.05, 0) is 81.0 Å². The van der Waals surface area contributed by atoms with Crippen LogP contribution in [0.1, 0.15) is 71.6 Å². The Balaban J connectivity index is 1.68. The Morgan fingerprint density at radius 1 is 0.957 bits per heavy atom. The monoisotopic (exact) mass is 320 g/mol. The summed E-state index contributed by atoms with van der Waals surface area (Å²) in [6.07, 6.45) is 9.98. The maximum Gasteiger partial charge on any atom is 0.123 e. The fourth-order valence-electron chi connectivity index (χ4n) is 7.46. The van der Waals surface area contributed by atoms with Crippen LogP contribution in [-0.2, 0) is 4.79 Å². The number of aldehydes is 1. The second-order valence-corrected chi connectivity index (χ2v) is 9.58. The maximum absolute atomic E-state index is 11.7. The minimum Gasteiger partial charge on any atom is -0.393 e. The van der Waals surface area contributed by atoms with Gasteiger partial charge in [0.2, 0.25) is 0 Å². The van der Waals surface area contributed by atoms with Crippen LogP contribution in [-0.4, -0.2) is 28.2 Å². The van der Waals surface area contributed by atoms with E-state index in [1.54, 1.807) is 0 Å². The topological polar surface area (TPSA) is 57.5 Å². The van der Waals surface area contributed by atoms with Crippen molar-refractivity contribution in [3.63, 3.8) is 0 Å². The number of hydrogen-bond donors (Lipinski definition) is 2. The summed E-state index contributed by atoms with van der Waals surface area (Å²) in [7, 11) is 0. The Bertz CT molecular complexity index is 505. The molecule has 0 spiro atoms. The fraction of sp³-hybridized carbons (Fsp3) is 0.950. The van der Waals surface area contributed by atoms with Crippen LogP contribution in [0.5, 0.6) is 0 Å². The number of hydrogen-bond acceptors (Lipinski definition) is 3. The minimum absolute atomic E-state index is 0.0344. The molecule has 3 nitrogen and oxygen atoms in total. The molecule has 0 heterocycles. The van der Waals surface area contributed by atoms with E-state index in [2.05, 4.69) is 13.8 Å². The van der Waals surface area contributed by atoms with Crippen molar-refractivity contribution in [3.05, 3.63) is 0 Å². The van der Waals surface area contributed by atoms with Crippen molar-refractivity contribution in [3.8, 4) is 0 Å². The summed E-state index contributed by atoms with van der Waals surface area (Å²) in [6.45, 7) is 4.60. The van der Waals surface area contributed by atoms with E-state index in [0.29, 0.717) is 17.8 Å². The highest BCUT2D eigenvalue weighted by Crippen LogP contribution is 2.68. The fourth-order valence-corrected chi connectivity index (χ4v) is 7.46. The van der Waals surface area contributed by atoms with Crippen molar-refractivity contribution in [1.29, 1.82) is 0 Å². The summed E-state index contributed by atoms with van der Waals surface area (Å²) < 4.78 is 0. The molecule has 3 heteroatoms. The third-order valence-electron chi connectivity index (χ3n) is 9.06. The number of aliphatic hydroxyl groups is 2. The summed E-state index contributed by atoms with van der Waals surface area (Å²) in [6, 6.07) is 0. The normalized spacial score (nSPS) is 58.9. The Hall–Kier alpha value is -0.410. The van der Waals surface area contributed by atoms with Crippen LogP contribution in [0.4, 0.5) is 0 Å². The van der Waals surface area contributed by atoms with E-state index in [4.69, 9.17) is 0 Å². The van der Waals surface area contributed by atoms with Gasteiger partial charge in [-0.3, -0.25) is 0 Å². The van der Waals surface area contributed by atoms with Crippen molar-refractivity contribution in [2.24, 2.45) is 34.5 Å². The average molecular weight is 320 g/mol. The summed E-state index contributed by atoms with van der Waals surface area (Å²) in [4.78, 5) is 11.6. The largest absolute Gasteiger partial charge is 0.393 e. The van der Waals surface area contributed by atoms with Crippen molar-refractivity contribution in [1.82, 2.24) is 0 Å². The Morgan fingerprint density at radius 2 is 1.74 bits per heavy atom. The Kier molecular flexibility index (Phi) is 3.53. The predicted octanol–water partition coefficient (Wildman–Crippen LogP) is 3.32. The van der Waals surface area contributed by atoms with Crippen LogP contribution in [0.2, 0.25) is 0 Å². The third-order valence-corrected chi connectivity index (χ3v) is 9.06.